The number of carbonyl (C=O) groups is 1. The van der Waals surface area contributed by atoms with Crippen molar-refractivity contribution in [2.45, 2.75) is 44.6 Å². The minimum absolute atomic E-state index is 0.0348. The molecular weight excluding hydrogens is 377 g/mol. The van der Waals surface area contributed by atoms with Crippen LogP contribution in [-0.2, 0) is 4.79 Å². The summed E-state index contributed by atoms with van der Waals surface area (Å²) in [4.78, 5) is 41.5. The van der Waals surface area contributed by atoms with Gasteiger partial charge in [-0.1, -0.05) is 32.1 Å². The predicted molar refractivity (Wildman–Crippen MR) is 106 cm³/mol. The lowest BCUT2D eigenvalue weighted by molar-refractivity contribution is -0.120. The standard InChI is InChI=1S/C20H22FN5O3/c21-13-6-7-15-14(11-13)19(28)26(20(29)23-15)16(10-12-4-2-1-3-5-12)18(27)24-17-8-9-22-25-17/h6-9,11-12,16H,1-5,10H2,(H,23,29)(H2,22,24,25,27). The van der Waals surface area contributed by atoms with Gasteiger partial charge in [0.25, 0.3) is 5.56 Å². The Kier molecular flexibility index (Phi) is 5.28. The topological polar surface area (TPSA) is 113 Å². The maximum absolute atomic E-state index is 13.7. The lowest BCUT2D eigenvalue weighted by atomic mass is 9.84. The summed E-state index contributed by atoms with van der Waals surface area (Å²) in [6.07, 6.45) is 7.03. The van der Waals surface area contributed by atoms with Gasteiger partial charge >= 0.3 is 5.69 Å². The Bertz CT molecular complexity index is 1130. The SMILES string of the molecule is O=C(Nc1ccn[nH]1)C(CC1CCCCC1)n1c(=O)[nH]c2ccc(F)cc2c1=O. The van der Waals surface area contributed by atoms with E-state index < -0.39 is 29.0 Å². The molecule has 0 spiro atoms. The van der Waals surface area contributed by atoms with Crippen LogP contribution in [0.1, 0.15) is 44.6 Å². The van der Waals surface area contributed by atoms with Gasteiger partial charge in [-0.05, 0) is 30.5 Å². The summed E-state index contributed by atoms with van der Waals surface area (Å²) >= 11 is 0. The summed E-state index contributed by atoms with van der Waals surface area (Å²) in [6.45, 7) is 0. The molecule has 1 aliphatic carbocycles. The molecule has 1 saturated carbocycles. The monoisotopic (exact) mass is 399 g/mol. The molecule has 8 nitrogen and oxygen atoms in total. The Morgan fingerprint density at radius 1 is 1.24 bits per heavy atom. The molecule has 2 heterocycles. The van der Waals surface area contributed by atoms with E-state index in [-0.39, 0.29) is 16.8 Å². The molecule has 3 N–H and O–H groups in total. The van der Waals surface area contributed by atoms with Gasteiger partial charge in [-0.15, -0.1) is 0 Å². The fourth-order valence-electron chi connectivity index (χ4n) is 4.09. The molecule has 0 bridgehead atoms. The molecule has 1 aromatic carbocycles. The number of hydrogen-bond donors (Lipinski definition) is 3. The summed E-state index contributed by atoms with van der Waals surface area (Å²) in [5.74, 6) is -0.460. The highest BCUT2D eigenvalue weighted by molar-refractivity contribution is 5.93. The molecule has 4 rings (SSSR count). The van der Waals surface area contributed by atoms with Crippen LogP contribution in [0.3, 0.4) is 0 Å². The fraction of sp³-hybridized carbons (Fsp3) is 0.400. The molecule has 0 radical (unpaired) electrons. The van der Waals surface area contributed by atoms with E-state index in [1.54, 1.807) is 6.07 Å². The maximum atomic E-state index is 13.7. The maximum Gasteiger partial charge on any atom is 0.329 e. The van der Waals surface area contributed by atoms with E-state index >= 15 is 0 Å². The van der Waals surface area contributed by atoms with Crippen LogP contribution in [0, 0.1) is 11.7 Å². The molecule has 152 valence electrons. The van der Waals surface area contributed by atoms with Gasteiger partial charge in [-0.2, -0.15) is 5.10 Å². The van der Waals surface area contributed by atoms with E-state index in [1.165, 1.54) is 18.3 Å². The molecule has 1 atom stereocenters. The van der Waals surface area contributed by atoms with Gasteiger partial charge in [0.1, 0.15) is 17.7 Å². The number of anilines is 1. The third-order valence-electron chi connectivity index (χ3n) is 5.55. The lowest BCUT2D eigenvalue weighted by Crippen LogP contribution is -2.43. The number of rotatable bonds is 5. The molecule has 2 aromatic heterocycles. The van der Waals surface area contributed by atoms with E-state index in [0.717, 1.165) is 42.7 Å². The number of benzene rings is 1. The lowest BCUT2D eigenvalue weighted by Gasteiger charge is -2.26. The molecule has 0 saturated heterocycles. The van der Waals surface area contributed by atoms with Crippen molar-refractivity contribution < 1.29 is 9.18 Å². The Morgan fingerprint density at radius 3 is 2.76 bits per heavy atom. The fourth-order valence-corrected chi connectivity index (χ4v) is 4.09. The Labute approximate surface area is 165 Å². The van der Waals surface area contributed by atoms with Crippen molar-refractivity contribution in [3.8, 4) is 0 Å². The van der Waals surface area contributed by atoms with Crippen molar-refractivity contribution in [2.24, 2.45) is 5.92 Å². The highest BCUT2D eigenvalue weighted by Gasteiger charge is 2.29. The van der Waals surface area contributed by atoms with Crippen LogP contribution < -0.4 is 16.6 Å². The Hall–Kier alpha value is -3.23. The van der Waals surface area contributed by atoms with Crippen molar-refractivity contribution in [1.82, 2.24) is 19.7 Å². The van der Waals surface area contributed by atoms with Crippen LogP contribution in [0.5, 0.6) is 0 Å². The number of nitrogens with one attached hydrogen (secondary N) is 3. The molecule has 29 heavy (non-hydrogen) atoms. The van der Waals surface area contributed by atoms with Gasteiger partial charge in [0, 0.05) is 6.07 Å². The van der Waals surface area contributed by atoms with Crippen LogP contribution in [0.25, 0.3) is 10.9 Å². The summed E-state index contributed by atoms with van der Waals surface area (Å²) in [5.41, 5.74) is -1.12. The van der Waals surface area contributed by atoms with Crippen molar-refractivity contribution in [3.63, 3.8) is 0 Å². The number of amides is 1. The van der Waals surface area contributed by atoms with Crippen LogP contribution in [0.4, 0.5) is 10.2 Å². The third-order valence-corrected chi connectivity index (χ3v) is 5.55. The van der Waals surface area contributed by atoms with Gasteiger partial charge in [0.2, 0.25) is 5.91 Å². The number of fused-ring (bicyclic) bond motifs is 1. The van der Waals surface area contributed by atoms with E-state index in [1.807, 2.05) is 0 Å². The minimum atomic E-state index is -1.01. The average molecular weight is 399 g/mol. The van der Waals surface area contributed by atoms with Gasteiger partial charge in [-0.25, -0.2) is 13.8 Å². The summed E-state index contributed by atoms with van der Waals surface area (Å²) in [5, 5.41) is 9.15. The number of halogens is 1. The second-order valence-corrected chi connectivity index (χ2v) is 7.51. The summed E-state index contributed by atoms with van der Waals surface area (Å²) < 4.78 is 14.6. The first-order valence-electron chi connectivity index (χ1n) is 9.77. The molecule has 9 heteroatoms. The molecule has 1 amide bonds. The number of H-pyrrole nitrogens is 2. The first-order chi connectivity index (χ1) is 14.0. The first-order valence-corrected chi connectivity index (χ1v) is 9.77. The van der Waals surface area contributed by atoms with Crippen molar-refractivity contribution >= 4 is 22.6 Å². The normalized spacial score (nSPS) is 16.0. The number of nitrogens with zero attached hydrogens (tertiary/aromatic N) is 2. The van der Waals surface area contributed by atoms with Crippen LogP contribution >= 0.6 is 0 Å². The highest BCUT2D eigenvalue weighted by Crippen LogP contribution is 2.30. The first kappa shape index (κ1) is 19.1. The Balaban J connectivity index is 1.78. The molecule has 1 unspecified atom stereocenters. The molecule has 0 aliphatic heterocycles. The molecule has 3 aromatic rings. The highest BCUT2D eigenvalue weighted by atomic mass is 19.1. The van der Waals surface area contributed by atoms with Gasteiger partial charge in [0.05, 0.1) is 17.1 Å². The van der Waals surface area contributed by atoms with Crippen molar-refractivity contribution in [1.29, 1.82) is 0 Å². The summed E-state index contributed by atoms with van der Waals surface area (Å²) in [7, 11) is 0. The molecule has 1 aliphatic rings. The van der Waals surface area contributed by atoms with E-state index in [9.17, 15) is 18.8 Å². The van der Waals surface area contributed by atoms with Gasteiger partial charge in [-0.3, -0.25) is 14.7 Å². The minimum Gasteiger partial charge on any atom is -0.309 e. The van der Waals surface area contributed by atoms with Crippen molar-refractivity contribution in [3.05, 3.63) is 57.1 Å². The van der Waals surface area contributed by atoms with Gasteiger partial charge < -0.3 is 10.3 Å². The quantitative estimate of drug-likeness (QED) is 0.612. The average Bonchev–Trinajstić information content (AvgIpc) is 3.21. The molecular formula is C20H22FN5O3. The van der Waals surface area contributed by atoms with Crippen molar-refractivity contribution in [2.75, 3.05) is 5.32 Å². The smallest absolute Gasteiger partial charge is 0.309 e. The third kappa shape index (κ3) is 3.98. The molecule has 1 fully saturated rings. The zero-order valence-corrected chi connectivity index (χ0v) is 15.8. The summed E-state index contributed by atoms with van der Waals surface area (Å²) in [6, 6.07) is 4.17. The van der Waals surface area contributed by atoms with Crippen LogP contribution in [-0.4, -0.2) is 25.7 Å². The second-order valence-electron chi connectivity index (χ2n) is 7.51. The largest absolute Gasteiger partial charge is 0.329 e. The van der Waals surface area contributed by atoms with E-state index in [0.29, 0.717) is 12.2 Å². The zero-order valence-electron chi connectivity index (χ0n) is 15.8. The Morgan fingerprint density at radius 2 is 2.03 bits per heavy atom. The predicted octanol–water partition coefficient (Wildman–Crippen LogP) is 2.70. The number of aromatic nitrogens is 4. The number of aromatic amines is 2. The second kappa shape index (κ2) is 8.02. The van der Waals surface area contributed by atoms with Crippen LogP contribution in [0.2, 0.25) is 0 Å². The van der Waals surface area contributed by atoms with E-state index in [2.05, 4.69) is 20.5 Å². The number of carbonyl (C=O) groups excluding carboxylic acids is 1. The zero-order chi connectivity index (χ0) is 20.4. The number of hydrogen-bond acceptors (Lipinski definition) is 4. The van der Waals surface area contributed by atoms with Gasteiger partial charge in [0.15, 0.2) is 0 Å². The van der Waals surface area contributed by atoms with Crippen LogP contribution in [0.15, 0.2) is 40.1 Å². The van der Waals surface area contributed by atoms with E-state index in [4.69, 9.17) is 0 Å².